The molecular formula is C11H16O4. The molecule has 0 aromatic rings. The molecule has 0 aromatic carbocycles. The van der Waals surface area contributed by atoms with E-state index < -0.39 is 11.9 Å². The van der Waals surface area contributed by atoms with Crippen LogP contribution in [0.25, 0.3) is 0 Å². The third-order valence-electron chi connectivity index (χ3n) is 1.47. The topological polar surface area (TPSA) is 52.6 Å². The molecule has 0 aliphatic rings. The number of carbonyl (C=O) groups is 2. The van der Waals surface area contributed by atoms with E-state index in [4.69, 9.17) is 9.47 Å². The highest BCUT2D eigenvalue weighted by Gasteiger charge is 2.14. The van der Waals surface area contributed by atoms with Crippen LogP contribution in [0, 0.1) is 0 Å². The van der Waals surface area contributed by atoms with Gasteiger partial charge in [0.25, 0.3) is 0 Å². The van der Waals surface area contributed by atoms with E-state index in [2.05, 4.69) is 5.73 Å². The zero-order valence-corrected chi connectivity index (χ0v) is 9.33. The van der Waals surface area contributed by atoms with E-state index in [1.165, 1.54) is 0 Å². The van der Waals surface area contributed by atoms with E-state index in [0.29, 0.717) is 6.61 Å². The van der Waals surface area contributed by atoms with Gasteiger partial charge in [-0.25, -0.2) is 4.79 Å². The second-order valence-electron chi connectivity index (χ2n) is 2.61. The summed E-state index contributed by atoms with van der Waals surface area (Å²) in [6.07, 6.45) is 1.46. The van der Waals surface area contributed by atoms with Gasteiger partial charge in [-0.15, -0.1) is 5.73 Å². The first-order valence-electron chi connectivity index (χ1n) is 4.88. The van der Waals surface area contributed by atoms with Crippen molar-refractivity contribution in [2.75, 3.05) is 13.2 Å². The van der Waals surface area contributed by atoms with Gasteiger partial charge in [0.15, 0.2) is 0 Å². The Morgan fingerprint density at radius 2 is 1.80 bits per heavy atom. The summed E-state index contributed by atoms with van der Waals surface area (Å²) in [6, 6.07) is 0. The Balaban J connectivity index is 4.50. The van der Waals surface area contributed by atoms with Crippen molar-refractivity contribution in [3.63, 3.8) is 0 Å². The van der Waals surface area contributed by atoms with E-state index >= 15 is 0 Å². The highest BCUT2D eigenvalue weighted by molar-refractivity contribution is 5.93. The molecule has 0 fully saturated rings. The molecular weight excluding hydrogens is 196 g/mol. The van der Waals surface area contributed by atoms with Gasteiger partial charge in [-0.1, -0.05) is 0 Å². The van der Waals surface area contributed by atoms with Crippen molar-refractivity contribution in [3.05, 3.63) is 17.4 Å². The molecule has 0 radical (unpaired) electrons. The fourth-order valence-electron chi connectivity index (χ4n) is 0.931. The molecule has 0 spiro atoms. The summed E-state index contributed by atoms with van der Waals surface area (Å²) in [7, 11) is 0. The molecule has 15 heavy (non-hydrogen) atoms. The minimum Gasteiger partial charge on any atom is -0.466 e. The van der Waals surface area contributed by atoms with E-state index in [1.807, 2.05) is 0 Å². The van der Waals surface area contributed by atoms with Crippen molar-refractivity contribution in [1.29, 1.82) is 0 Å². The van der Waals surface area contributed by atoms with Crippen LogP contribution in [-0.2, 0) is 19.1 Å². The molecule has 0 bridgehead atoms. The van der Waals surface area contributed by atoms with Crippen LogP contribution in [0.2, 0.25) is 0 Å². The maximum atomic E-state index is 11.3. The first kappa shape index (κ1) is 13.5. The van der Waals surface area contributed by atoms with Gasteiger partial charge >= 0.3 is 11.9 Å². The summed E-state index contributed by atoms with van der Waals surface area (Å²) < 4.78 is 9.49. The first-order valence-corrected chi connectivity index (χ1v) is 4.88. The average Bonchev–Trinajstić information content (AvgIpc) is 2.18. The van der Waals surface area contributed by atoms with Gasteiger partial charge in [-0.3, -0.25) is 4.79 Å². The Labute approximate surface area is 89.6 Å². The van der Waals surface area contributed by atoms with Gasteiger partial charge in [0, 0.05) is 0 Å². The molecule has 0 heterocycles. The SMILES string of the molecule is CC=C=C(CC(=O)OCC)C(=O)OCC. The molecule has 84 valence electrons. The van der Waals surface area contributed by atoms with Crippen LogP contribution in [0.4, 0.5) is 0 Å². The van der Waals surface area contributed by atoms with E-state index in [1.54, 1.807) is 26.8 Å². The van der Waals surface area contributed by atoms with Crippen LogP contribution >= 0.6 is 0 Å². The van der Waals surface area contributed by atoms with Gasteiger partial charge in [0.05, 0.1) is 25.2 Å². The number of carbonyl (C=O) groups excluding carboxylic acids is 2. The molecule has 0 rings (SSSR count). The van der Waals surface area contributed by atoms with Crippen molar-refractivity contribution in [2.24, 2.45) is 0 Å². The summed E-state index contributed by atoms with van der Waals surface area (Å²) in [6.45, 7) is 5.70. The van der Waals surface area contributed by atoms with Gasteiger partial charge in [0.1, 0.15) is 0 Å². The van der Waals surface area contributed by atoms with Crippen LogP contribution in [0.5, 0.6) is 0 Å². The highest BCUT2D eigenvalue weighted by Crippen LogP contribution is 2.04. The second-order valence-corrected chi connectivity index (χ2v) is 2.61. The molecule has 0 aromatic heterocycles. The van der Waals surface area contributed by atoms with Gasteiger partial charge in [0.2, 0.25) is 0 Å². The average molecular weight is 212 g/mol. The smallest absolute Gasteiger partial charge is 0.342 e. The zero-order valence-electron chi connectivity index (χ0n) is 9.33. The number of hydrogen-bond donors (Lipinski definition) is 0. The fraction of sp³-hybridized carbons (Fsp3) is 0.545. The Hall–Kier alpha value is -1.54. The van der Waals surface area contributed by atoms with Crippen molar-refractivity contribution in [3.8, 4) is 0 Å². The molecule has 0 unspecified atom stereocenters. The lowest BCUT2D eigenvalue weighted by Crippen LogP contribution is -2.13. The van der Waals surface area contributed by atoms with Crippen LogP contribution < -0.4 is 0 Å². The van der Waals surface area contributed by atoms with Crippen LogP contribution in [0.15, 0.2) is 17.4 Å². The molecule has 4 heteroatoms. The highest BCUT2D eigenvalue weighted by atomic mass is 16.5. The predicted molar refractivity (Wildman–Crippen MR) is 55.2 cm³/mol. The molecule has 0 saturated heterocycles. The molecule has 0 aliphatic heterocycles. The number of ether oxygens (including phenoxy) is 2. The van der Waals surface area contributed by atoms with E-state index in [9.17, 15) is 9.59 Å². The summed E-state index contributed by atoms with van der Waals surface area (Å²) in [5.41, 5.74) is 2.87. The van der Waals surface area contributed by atoms with Crippen molar-refractivity contribution < 1.29 is 19.1 Å². The standard InChI is InChI=1S/C11H16O4/c1-4-7-9(11(13)15-6-3)8-10(12)14-5-2/h4H,5-6,8H2,1-3H3. The third kappa shape index (κ3) is 5.70. The minimum atomic E-state index is -0.524. The molecule has 0 amide bonds. The van der Waals surface area contributed by atoms with Gasteiger partial charge in [-0.2, -0.15) is 0 Å². The quantitative estimate of drug-likeness (QED) is 0.394. The molecule has 4 nitrogen and oxygen atoms in total. The van der Waals surface area contributed by atoms with Crippen LogP contribution in [0.3, 0.4) is 0 Å². The Morgan fingerprint density at radius 1 is 1.20 bits per heavy atom. The monoisotopic (exact) mass is 212 g/mol. The van der Waals surface area contributed by atoms with E-state index in [-0.39, 0.29) is 18.6 Å². The Morgan fingerprint density at radius 3 is 2.27 bits per heavy atom. The second kappa shape index (κ2) is 7.83. The van der Waals surface area contributed by atoms with Crippen LogP contribution in [-0.4, -0.2) is 25.2 Å². The summed E-state index contributed by atoms with van der Waals surface area (Å²) in [4.78, 5) is 22.5. The Kier molecular flexibility index (Phi) is 7.02. The summed E-state index contributed by atoms with van der Waals surface area (Å²) >= 11 is 0. The molecule has 0 N–H and O–H groups in total. The van der Waals surface area contributed by atoms with Crippen molar-refractivity contribution >= 4 is 11.9 Å². The largest absolute Gasteiger partial charge is 0.466 e. The number of hydrogen-bond acceptors (Lipinski definition) is 4. The summed E-state index contributed by atoms with van der Waals surface area (Å²) in [5.74, 6) is -0.974. The Bertz CT molecular complexity index is 285. The van der Waals surface area contributed by atoms with Crippen LogP contribution in [0.1, 0.15) is 27.2 Å². The minimum absolute atomic E-state index is 0.100. The zero-order chi connectivity index (χ0) is 11.7. The third-order valence-corrected chi connectivity index (χ3v) is 1.47. The lowest BCUT2D eigenvalue weighted by Gasteiger charge is -2.04. The lowest BCUT2D eigenvalue weighted by molar-refractivity contribution is -0.145. The van der Waals surface area contributed by atoms with Gasteiger partial charge < -0.3 is 9.47 Å². The summed E-state index contributed by atoms with van der Waals surface area (Å²) in [5, 5.41) is 0. The van der Waals surface area contributed by atoms with Crippen molar-refractivity contribution in [2.45, 2.75) is 27.2 Å². The fourth-order valence-corrected chi connectivity index (χ4v) is 0.931. The molecule has 0 aliphatic carbocycles. The van der Waals surface area contributed by atoms with Crippen molar-refractivity contribution in [1.82, 2.24) is 0 Å². The first-order chi connectivity index (χ1) is 7.15. The molecule has 0 saturated carbocycles. The van der Waals surface area contributed by atoms with Gasteiger partial charge in [-0.05, 0) is 26.8 Å². The lowest BCUT2D eigenvalue weighted by atomic mass is 10.2. The normalized spacial score (nSPS) is 8.73. The number of esters is 2. The maximum absolute atomic E-state index is 11.3. The molecule has 0 atom stereocenters. The van der Waals surface area contributed by atoms with E-state index in [0.717, 1.165) is 0 Å². The predicted octanol–water partition coefficient (Wildman–Crippen LogP) is 1.60. The maximum Gasteiger partial charge on any atom is 0.342 e. The number of rotatable bonds is 5.